The molecule has 1 saturated heterocycles. The van der Waals surface area contributed by atoms with E-state index in [4.69, 9.17) is 0 Å². The van der Waals surface area contributed by atoms with Crippen LogP contribution < -0.4 is 0 Å². The Bertz CT molecular complexity index is 554. The SMILES string of the molecule is CC(C)n1cc(C2(O)CCCN(S(C)(=O)=O)C2)nn1. The molecule has 2 rings (SSSR count). The van der Waals surface area contributed by atoms with Crippen molar-refractivity contribution in [1.29, 1.82) is 0 Å². The number of piperidine rings is 1. The second kappa shape index (κ2) is 4.84. The van der Waals surface area contributed by atoms with Gasteiger partial charge in [0.1, 0.15) is 11.3 Å². The van der Waals surface area contributed by atoms with Crippen LogP contribution in [-0.2, 0) is 15.6 Å². The summed E-state index contributed by atoms with van der Waals surface area (Å²) in [6.07, 6.45) is 3.95. The van der Waals surface area contributed by atoms with Crippen molar-refractivity contribution in [2.24, 2.45) is 0 Å². The highest BCUT2D eigenvalue weighted by molar-refractivity contribution is 7.88. The highest BCUT2D eigenvalue weighted by Gasteiger charge is 2.40. The molecule has 1 N–H and O–H groups in total. The molecule has 8 heteroatoms. The van der Waals surface area contributed by atoms with Crippen LogP contribution in [0.4, 0.5) is 0 Å². The molecule has 0 aromatic carbocycles. The van der Waals surface area contributed by atoms with Crippen molar-refractivity contribution in [1.82, 2.24) is 19.3 Å². The van der Waals surface area contributed by atoms with Gasteiger partial charge in [0.05, 0.1) is 12.5 Å². The predicted octanol–water partition coefficient (Wildman–Crippen LogP) is 0.102. The van der Waals surface area contributed by atoms with Gasteiger partial charge in [-0.25, -0.2) is 13.1 Å². The molecule has 0 aliphatic carbocycles. The van der Waals surface area contributed by atoms with Crippen molar-refractivity contribution in [3.8, 4) is 0 Å². The van der Waals surface area contributed by atoms with E-state index < -0.39 is 15.6 Å². The number of hydrogen-bond donors (Lipinski definition) is 1. The first-order chi connectivity index (χ1) is 8.72. The Hall–Kier alpha value is -0.990. The molecule has 7 nitrogen and oxygen atoms in total. The zero-order valence-electron chi connectivity index (χ0n) is 11.4. The molecular formula is C11H20N4O3S. The molecule has 108 valence electrons. The van der Waals surface area contributed by atoms with Crippen LogP contribution in [0.2, 0.25) is 0 Å². The molecule has 0 radical (unpaired) electrons. The topological polar surface area (TPSA) is 88.3 Å². The maximum Gasteiger partial charge on any atom is 0.211 e. The summed E-state index contributed by atoms with van der Waals surface area (Å²) in [5.74, 6) is 0. The van der Waals surface area contributed by atoms with E-state index in [2.05, 4.69) is 10.3 Å². The van der Waals surface area contributed by atoms with E-state index in [1.165, 1.54) is 4.31 Å². The van der Waals surface area contributed by atoms with Crippen molar-refractivity contribution in [2.45, 2.75) is 38.3 Å². The summed E-state index contributed by atoms with van der Waals surface area (Å²) >= 11 is 0. The predicted molar refractivity (Wildman–Crippen MR) is 70.0 cm³/mol. The number of β-amino-alcohol motifs (C(OH)–C–C–N with tert-alkyl or cyclic N) is 1. The average Bonchev–Trinajstić information content (AvgIpc) is 2.77. The van der Waals surface area contributed by atoms with Crippen LogP contribution in [0.5, 0.6) is 0 Å². The van der Waals surface area contributed by atoms with Gasteiger partial charge in [0.2, 0.25) is 10.0 Å². The van der Waals surface area contributed by atoms with E-state index in [0.29, 0.717) is 25.1 Å². The number of aliphatic hydroxyl groups is 1. The molecule has 1 aromatic rings. The largest absolute Gasteiger partial charge is 0.382 e. The van der Waals surface area contributed by atoms with Gasteiger partial charge in [-0.2, -0.15) is 4.31 Å². The first-order valence-corrected chi connectivity index (χ1v) is 8.17. The highest BCUT2D eigenvalue weighted by Crippen LogP contribution is 2.31. The highest BCUT2D eigenvalue weighted by atomic mass is 32.2. The van der Waals surface area contributed by atoms with Gasteiger partial charge in [-0.3, -0.25) is 0 Å². The second-order valence-electron chi connectivity index (χ2n) is 5.41. The summed E-state index contributed by atoms with van der Waals surface area (Å²) in [7, 11) is -3.30. The fraction of sp³-hybridized carbons (Fsp3) is 0.818. The number of rotatable bonds is 3. The van der Waals surface area contributed by atoms with Crippen LogP contribution >= 0.6 is 0 Å². The maximum absolute atomic E-state index is 11.6. The smallest absolute Gasteiger partial charge is 0.211 e. The molecule has 1 aromatic heterocycles. The summed E-state index contributed by atoms with van der Waals surface area (Å²) in [5.41, 5.74) is -0.802. The fourth-order valence-electron chi connectivity index (χ4n) is 2.23. The van der Waals surface area contributed by atoms with E-state index in [-0.39, 0.29) is 12.6 Å². The summed E-state index contributed by atoms with van der Waals surface area (Å²) in [6.45, 7) is 4.42. The lowest BCUT2D eigenvalue weighted by Crippen LogP contribution is -2.48. The normalized spacial score (nSPS) is 25.9. The summed E-state index contributed by atoms with van der Waals surface area (Å²) < 4.78 is 26.1. The lowest BCUT2D eigenvalue weighted by molar-refractivity contribution is -0.0160. The van der Waals surface area contributed by atoms with Gasteiger partial charge in [-0.15, -0.1) is 5.10 Å². The number of hydrogen-bond acceptors (Lipinski definition) is 5. The molecule has 0 spiro atoms. The Morgan fingerprint density at radius 1 is 1.47 bits per heavy atom. The number of nitrogens with zero attached hydrogens (tertiary/aromatic N) is 4. The molecule has 0 bridgehead atoms. The molecule has 1 unspecified atom stereocenters. The third kappa shape index (κ3) is 2.96. The maximum atomic E-state index is 11.6. The monoisotopic (exact) mass is 288 g/mol. The Labute approximate surface area is 113 Å². The molecule has 0 amide bonds. The lowest BCUT2D eigenvalue weighted by atomic mass is 9.91. The van der Waals surface area contributed by atoms with Gasteiger partial charge in [0.25, 0.3) is 0 Å². The summed E-state index contributed by atoms with van der Waals surface area (Å²) in [4.78, 5) is 0. The first-order valence-electron chi connectivity index (χ1n) is 6.32. The van der Waals surface area contributed by atoms with Crippen molar-refractivity contribution < 1.29 is 13.5 Å². The first kappa shape index (κ1) is 14.4. The Kier molecular flexibility index (Phi) is 3.67. The zero-order chi connectivity index (χ0) is 14.3. The van der Waals surface area contributed by atoms with Crippen molar-refractivity contribution in [2.75, 3.05) is 19.3 Å². The number of sulfonamides is 1. The van der Waals surface area contributed by atoms with E-state index in [0.717, 1.165) is 6.26 Å². The van der Waals surface area contributed by atoms with Gasteiger partial charge >= 0.3 is 0 Å². The van der Waals surface area contributed by atoms with E-state index >= 15 is 0 Å². The molecule has 1 fully saturated rings. The van der Waals surface area contributed by atoms with Gasteiger partial charge in [0.15, 0.2) is 0 Å². The van der Waals surface area contributed by atoms with Crippen LogP contribution in [0.15, 0.2) is 6.20 Å². The minimum absolute atomic E-state index is 0.0443. The van der Waals surface area contributed by atoms with E-state index in [9.17, 15) is 13.5 Å². The van der Waals surface area contributed by atoms with E-state index in [1.54, 1.807) is 10.9 Å². The zero-order valence-corrected chi connectivity index (χ0v) is 12.3. The average molecular weight is 288 g/mol. The van der Waals surface area contributed by atoms with Crippen molar-refractivity contribution in [3.63, 3.8) is 0 Å². The second-order valence-corrected chi connectivity index (χ2v) is 7.39. The van der Waals surface area contributed by atoms with Gasteiger partial charge in [0, 0.05) is 19.1 Å². The molecule has 2 heterocycles. The van der Waals surface area contributed by atoms with Gasteiger partial charge < -0.3 is 5.11 Å². The molecule has 1 atom stereocenters. The lowest BCUT2D eigenvalue weighted by Gasteiger charge is -2.36. The Morgan fingerprint density at radius 3 is 2.68 bits per heavy atom. The minimum Gasteiger partial charge on any atom is -0.382 e. The molecular weight excluding hydrogens is 268 g/mol. The third-order valence-electron chi connectivity index (χ3n) is 3.42. The third-order valence-corrected chi connectivity index (χ3v) is 4.67. The fourth-order valence-corrected chi connectivity index (χ4v) is 3.14. The minimum atomic E-state index is -3.30. The standard InChI is InChI=1S/C11H20N4O3S/c1-9(2)15-7-10(12-13-15)11(16)5-4-6-14(8-11)19(3,17)18/h7,9,16H,4-6,8H2,1-3H3. The Morgan fingerprint density at radius 2 is 2.16 bits per heavy atom. The molecule has 1 aliphatic rings. The van der Waals surface area contributed by atoms with Crippen LogP contribution in [0.1, 0.15) is 38.4 Å². The van der Waals surface area contributed by atoms with Crippen LogP contribution in [-0.4, -0.2) is 52.2 Å². The van der Waals surface area contributed by atoms with Crippen LogP contribution in [0.3, 0.4) is 0 Å². The van der Waals surface area contributed by atoms with Gasteiger partial charge in [-0.1, -0.05) is 5.21 Å². The molecule has 19 heavy (non-hydrogen) atoms. The van der Waals surface area contributed by atoms with E-state index in [1.807, 2.05) is 13.8 Å². The Balaban J connectivity index is 2.26. The number of aromatic nitrogens is 3. The molecule has 0 saturated carbocycles. The summed E-state index contributed by atoms with van der Waals surface area (Å²) in [6, 6.07) is 0.152. The van der Waals surface area contributed by atoms with Crippen molar-refractivity contribution in [3.05, 3.63) is 11.9 Å². The van der Waals surface area contributed by atoms with Crippen molar-refractivity contribution >= 4 is 10.0 Å². The van der Waals surface area contributed by atoms with Crippen LogP contribution in [0, 0.1) is 0 Å². The molecule has 1 aliphatic heterocycles. The van der Waals surface area contributed by atoms with Crippen LogP contribution in [0.25, 0.3) is 0 Å². The quantitative estimate of drug-likeness (QED) is 0.852. The summed E-state index contributed by atoms with van der Waals surface area (Å²) in [5, 5.41) is 18.6. The van der Waals surface area contributed by atoms with Gasteiger partial charge in [-0.05, 0) is 26.7 Å².